The van der Waals surface area contributed by atoms with Gasteiger partial charge in [-0.25, -0.2) is 9.99 Å². The molecule has 1 fully saturated rings. The average Bonchev–Trinajstić information content (AvgIpc) is 3.72. The molecule has 0 spiro atoms. The topological polar surface area (TPSA) is 115 Å². The fraction of sp³-hybridized carbons (Fsp3) is 0.143. The van der Waals surface area contributed by atoms with Crippen LogP contribution in [0.2, 0.25) is 0 Å². The van der Waals surface area contributed by atoms with Crippen molar-refractivity contribution in [3.63, 3.8) is 0 Å². The molecule has 1 aliphatic heterocycles. The summed E-state index contributed by atoms with van der Waals surface area (Å²) in [5.74, 6) is 0.0574. The first kappa shape index (κ1) is 28.3. The quantitative estimate of drug-likeness (QED) is 0.134. The minimum Gasteiger partial charge on any atom is -0.258 e. The van der Waals surface area contributed by atoms with Crippen molar-refractivity contribution >= 4 is 39.6 Å². The van der Waals surface area contributed by atoms with Gasteiger partial charge in [-0.15, -0.1) is 11.3 Å². The molecule has 0 N–H and O–H groups in total. The number of thiazole rings is 1. The van der Waals surface area contributed by atoms with Gasteiger partial charge in [0, 0.05) is 41.1 Å². The molecule has 45 heavy (non-hydrogen) atoms. The van der Waals surface area contributed by atoms with Crippen LogP contribution < -0.4 is 5.01 Å². The number of aromatic nitrogens is 1. The van der Waals surface area contributed by atoms with E-state index in [9.17, 15) is 20.2 Å². The number of allylic oxidation sites excluding steroid dienone is 1. The summed E-state index contributed by atoms with van der Waals surface area (Å²) >= 11 is 1.52. The van der Waals surface area contributed by atoms with Crippen LogP contribution in [0, 0.1) is 26.1 Å². The van der Waals surface area contributed by atoms with Crippen molar-refractivity contribution in [2.24, 2.45) is 11.0 Å². The summed E-state index contributed by atoms with van der Waals surface area (Å²) in [6.07, 6.45) is 4.77. The molecule has 10 heteroatoms. The number of rotatable bonds is 7. The third-order valence-electron chi connectivity index (χ3n) is 8.37. The molecule has 4 aromatic carbocycles. The summed E-state index contributed by atoms with van der Waals surface area (Å²) in [4.78, 5) is 26.8. The van der Waals surface area contributed by atoms with Crippen LogP contribution >= 0.6 is 11.3 Å². The van der Waals surface area contributed by atoms with Gasteiger partial charge in [-0.3, -0.25) is 20.2 Å². The van der Waals surface area contributed by atoms with E-state index in [-0.39, 0.29) is 28.3 Å². The SMILES string of the molecule is O=[N+]([O-])c1ccc(C=C2CCCC3C2=NN(c2nc(-c4ccc(-c5ccccc5)cc4)cs2)C3c2ccc([N+](=O)[O-])cc2)cc1. The highest BCUT2D eigenvalue weighted by atomic mass is 32.1. The molecule has 2 aliphatic rings. The second-order valence-corrected chi connectivity index (χ2v) is 11.9. The van der Waals surface area contributed by atoms with Crippen LogP contribution in [-0.2, 0) is 0 Å². The number of anilines is 1. The third kappa shape index (κ3) is 5.63. The van der Waals surface area contributed by atoms with Crippen molar-refractivity contribution in [2.75, 3.05) is 5.01 Å². The van der Waals surface area contributed by atoms with E-state index in [1.54, 1.807) is 24.3 Å². The number of nitrogens with zero attached hydrogens (tertiary/aromatic N) is 5. The zero-order valence-electron chi connectivity index (χ0n) is 24.0. The number of nitro benzene ring substituents is 2. The van der Waals surface area contributed by atoms with Gasteiger partial charge in [-0.05, 0) is 65.3 Å². The minimum atomic E-state index is -0.402. The van der Waals surface area contributed by atoms with Gasteiger partial charge in [0.2, 0.25) is 5.13 Å². The van der Waals surface area contributed by atoms with Gasteiger partial charge >= 0.3 is 0 Å². The van der Waals surface area contributed by atoms with Gasteiger partial charge in [-0.2, -0.15) is 5.10 Å². The number of hydrogen-bond donors (Lipinski definition) is 0. The van der Waals surface area contributed by atoms with Crippen molar-refractivity contribution < 1.29 is 9.85 Å². The highest BCUT2D eigenvalue weighted by molar-refractivity contribution is 7.14. The van der Waals surface area contributed by atoms with Crippen LogP contribution in [0.5, 0.6) is 0 Å². The van der Waals surface area contributed by atoms with E-state index in [1.165, 1.54) is 23.5 Å². The van der Waals surface area contributed by atoms with E-state index in [0.717, 1.165) is 69.2 Å². The molecule has 1 saturated carbocycles. The fourth-order valence-corrected chi connectivity index (χ4v) is 6.96. The fourth-order valence-electron chi connectivity index (χ4n) is 6.14. The summed E-state index contributed by atoms with van der Waals surface area (Å²) in [5.41, 5.74) is 8.11. The van der Waals surface area contributed by atoms with Crippen LogP contribution in [0.3, 0.4) is 0 Å². The Labute approximate surface area is 263 Å². The molecule has 5 aromatic rings. The minimum absolute atomic E-state index is 0.0438. The Morgan fingerprint density at radius 2 is 1.40 bits per heavy atom. The maximum Gasteiger partial charge on any atom is 0.269 e. The second-order valence-electron chi connectivity index (χ2n) is 11.1. The number of benzene rings is 4. The van der Waals surface area contributed by atoms with E-state index in [0.29, 0.717) is 0 Å². The van der Waals surface area contributed by atoms with E-state index in [1.807, 2.05) is 40.7 Å². The summed E-state index contributed by atoms with van der Waals surface area (Å²) in [6.45, 7) is 0. The van der Waals surface area contributed by atoms with Crippen LogP contribution in [0.25, 0.3) is 28.5 Å². The lowest BCUT2D eigenvalue weighted by atomic mass is 9.77. The van der Waals surface area contributed by atoms with E-state index >= 15 is 0 Å². The van der Waals surface area contributed by atoms with Crippen molar-refractivity contribution in [1.82, 2.24) is 4.98 Å². The molecular weight excluding hydrogens is 586 g/mol. The Bertz CT molecular complexity index is 1940. The molecule has 0 bridgehead atoms. The first-order chi connectivity index (χ1) is 21.9. The van der Waals surface area contributed by atoms with Gasteiger partial charge in [0.05, 0.1) is 27.3 Å². The van der Waals surface area contributed by atoms with Crippen LogP contribution in [0.1, 0.15) is 36.4 Å². The zero-order chi connectivity index (χ0) is 30.9. The Hall–Kier alpha value is -5.48. The van der Waals surface area contributed by atoms with Crippen molar-refractivity contribution in [2.45, 2.75) is 25.3 Å². The highest BCUT2D eigenvalue weighted by Crippen LogP contribution is 2.47. The highest BCUT2D eigenvalue weighted by Gasteiger charge is 2.43. The Morgan fingerprint density at radius 1 is 0.778 bits per heavy atom. The number of fused-ring (bicyclic) bond motifs is 1. The molecule has 9 nitrogen and oxygen atoms in total. The number of hydrogen-bond acceptors (Lipinski definition) is 8. The molecule has 0 saturated heterocycles. The predicted octanol–water partition coefficient (Wildman–Crippen LogP) is 9.09. The van der Waals surface area contributed by atoms with E-state index in [2.05, 4.69) is 42.5 Å². The Morgan fingerprint density at radius 3 is 2.07 bits per heavy atom. The number of nitro groups is 2. The molecule has 2 atom stereocenters. The van der Waals surface area contributed by atoms with Crippen LogP contribution in [0.4, 0.5) is 16.5 Å². The Balaban J connectivity index is 1.24. The molecular formula is C35H27N5O4S. The third-order valence-corrected chi connectivity index (χ3v) is 9.20. The summed E-state index contributed by atoms with van der Waals surface area (Å²) in [5, 5.41) is 32.4. The Kier molecular flexibility index (Phi) is 7.48. The molecule has 7 rings (SSSR count). The smallest absolute Gasteiger partial charge is 0.258 e. The van der Waals surface area contributed by atoms with Gasteiger partial charge in [0.1, 0.15) is 0 Å². The van der Waals surface area contributed by atoms with E-state index in [4.69, 9.17) is 10.1 Å². The lowest BCUT2D eigenvalue weighted by Crippen LogP contribution is -2.28. The number of non-ortho nitro benzene ring substituents is 2. The normalized spacial score (nSPS) is 18.4. The van der Waals surface area contributed by atoms with Gasteiger partial charge in [0.25, 0.3) is 11.4 Å². The molecule has 2 unspecified atom stereocenters. The maximum absolute atomic E-state index is 11.4. The summed E-state index contributed by atoms with van der Waals surface area (Å²) in [7, 11) is 0. The van der Waals surface area contributed by atoms with Gasteiger partial charge in [0.15, 0.2) is 0 Å². The lowest BCUT2D eigenvalue weighted by molar-refractivity contribution is -0.385. The summed E-state index contributed by atoms with van der Waals surface area (Å²) < 4.78 is 0. The molecule has 222 valence electrons. The van der Waals surface area contributed by atoms with Crippen molar-refractivity contribution in [1.29, 1.82) is 0 Å². The van der Waals surface area contributed by atoms with Crippen LogP contribution in [0.15, 0.2) is 119 Å². The standard InChI is InChI=1S/C35H27N5O4S/c41-39(42)29-17-9-23(10-18-29)21-28-7-4-8-31-33(28)37-38(34(31)27-15-19-30(20-16-27)40(43)44)35-36-32(22-45-35)26-13-11-25(12-14-26)24-5-2-1-3-6-24/h1-3,5-6,9-22,31,34H,4,7-8H2. The lowest BCUT2D eigenvalue weighted by Gasteiger charge is -2.29. The van der Waals surface area contributed by atoms with Crippen LogP contribution in [-0.4, -0.2) is 20.5 Å². The van der Waals surface area contributed by atoms with E-state index < -0.39 is 4.92 Å². The van der Waals surface area contributed by atoms with Crippen molar-refractivity contribution in [3.05, 3.63) is 145 Å². The molecule has 1 aromatic heterocycles. The monoisotopic (exact) mass is 613 g/mol. The number of hydrazone groups is 1. The van der Waals surface area contributed by atoms with Gasteiger partial charge < -0.3 is 0 Å². The zero-order valence-corrected chi connectivity index (χ0v) is 24.8. The molecule has 2 heterocycles. The maximum atomic E-state index is 11.4. The molecule has 1 aliphatic carbocycles. The first-order valence-electron chi connectivity index (χ1n) is 14.6. The van der Waals surface area contributed by atoms with Crippen molar-refractivity contribution in [3.8, 4) is 22.4 Å². The average molecular weight is 614 g/mol. The first-order valence-corrected chi connectivity index (χ1v) is 15.5. The summed E-state index contributed by atoms with van der Waals surface area (Å²) in [6, 6.07) is 31.7. The largest absolute Gasteiger partial charge is 0.269 e. The van der Waals surface area contributed by atoms with Gasteiger partial charge in [-0.1, -0.05) is 66.7 Å². The molecule has 0 radical (unpaired) electrons. The second kappa shape index (κ2) is 11.9. The predicted molar refractivity (Wildman–Crippen MR) is 177 cm³/mol. The molecule has 0 amide bonds.